The third-order valence-corrected chi connectivity index (χ3v) is 3.54. The molecule has 0 radical (unpaired) electrons. The first-order valence-electron chi connectivity index (χ1n) is 5.90. The number of halogens is 1. The van der Waals surface area contributed by atoms with Gasteiger partial charge in [0.05, 0.1) is 0 Å². The summed E-state index contributed by atoms with van der Waals surface area (Å²) in [6, 6.07) is 0. The van der Waals surface area contributed by atoms with E-state index in [2.05, 4.69) is 6.92 Å². The molecular weight excluding hydrogens is 196 g/mol. The number of hydrogen-bond acceptors (Lipinski definition) is 1. The van der Waals surface area contributed by atoms with Gasteiger partial charge < -0.3 is 0 Å². The predicted octanol–water partition coefficient (Wildman–Crippen LogP) is 3.93. The zero-order chi connectivity index (χ0) is 10.4. The molecule has 0 aromatic heterocycles. The van der Waals surface area contributed by atoms with Crippen molar-refractivity contribution in [2.45, 2.75) is 63.7 Å². The van der Waals surface area contributed by atoms with E-state index < -0.39 is 0 Å². The molecule has 1 fully saturated rings. The van der Waals surface area contributed by atoms with Crippen LogP contribution in [0.15, 0.2) is 0 Å². The van der Waals surface area contributed by atoms with Crippen LogP contribution >= 0.6 is 11.6 Å². The van der Waals surface area contributed by atoms with E-state index in [9.17, 15) is 4.79 Å². The van der Waals surface area contributed by atoms with Gasteiger partial charge in [0, 0.05) is 17.7 Å². The average Bonchev–Trinajstić information content (AvgIpc) is 2.12. The van der Waals surface area contributed by atoms with Crippen molar-refractivity contribution in [1.29, 1.82) is 0 Å². The lowest BCUT2D eigenvalue weighted by atomic mass is 9.86. The fourth-order valence-electron chi connectivity index (χ4n) is 2.20. The average molecular weight is 217 g/mol. The molecule has 2 unspecified atom stereocenters. The van der Waals surface area contributed by atoms with Gasteiger partial charge in [0.25, 0.3) is 0 Å². The molecular formula is C12H21ClO. The van der Waals surface area contributed by atoms with E-state index in [1.54, 1.807) is 0 Å². The topological polar surface area (TPSA) is 17.1 Å². The van der Waals surface area contributed by atoms with E-state index in [-0.39, 0.29) is 0 Å². The Kier molecular flexibility index (Phi) is 5.54. The minimum Gasteiger partial charge on any atom is -0.299 e. The molecule has 2 atom stereocenters. The summed E-state index contributed by atoms with van der Waals surface area (Å²) in [5.41, 5.74) is 0. The number of Topliss-reactive ketones (excluding diaryl/α,β-unsaturated/α-hetero) is 1. The first-order chi connectivity index (χ1) is 6.74. The Morgan fingerprint density at radius 2 is 1.93 bits per heavy atom. The molecule has 0 aromatic carbocycles. The molecule has 2 heteroatoms. The van der Waals surface area contributed by atoms with Gasteiger partial charge in [-0.1, -0.05) is 19.8 Å². The minimum absolute atomic E-state index is 0.312. The van der Waals surface area contributed by atoms with E-state index in [4.69, 9.17) is 11.6 Å². The van der Waals surface area contributed by atoms with Gasteiger partial charge in [0.15, 0.2) is 0 Å². The van der Waals surface area contributed by atoms with Gasteiger partial charge in [0.2, 0.25) is 0 Å². The van der Waals surface area contributed by atoms with E-state index in [0.717, 1.165) is 38.5 Å². The van der Waals surface area contributed by atoms with Crippen molar-refractivity contribution in [2.24, 2.45) is 5.92 Å². The van der Waals surface area contributed by atoms with Crippen LogP contribution in [0.25, 0.3) is 0 Å². The monoisotopic (exact) mass is 216 g/mol. The molecule has 1 saturated carbocycles. The summed E-state index contributed by atoms with van der Waals surface area (Å²) in [6.45, 7) is 2.07. The van der Waals surface area contributed by atoms with Crippen molar-refractivity contribution in [3.63, 3.8) is 0 Å². The van der Waals surface area contributed by atoms with Crippen molar-refractivity contribution >= 4 is 17.4 Å². The summed E-state index contributed by atoms with van der Waals surface area (Å²) in [4.78, 5) is 11.7. The Hall–Kier alpha value is -0.0400. The van der Waals surface area contributed by atoms with Crippen LogP contribution in [-0.4, -0.2) is 11.2 Å². The van der Waals surface area contributed by atoms with Gasteiger partial charge in [-0.05, 0) is 32.1 Å². The minimum atomic E-state index is 0.312. The maximum absolute atomic E-state index is 11.7. The smallest absolute Gasteiger partial charge is 0.135 e. The third kappa shape index (κ3) is 4.00. The molecule has 0 aliphatic heterocycles. The van der Waals surface area contributed by atoms with Crippen molar-refractivity contribution in [1.82, 2.24) is 0 Å². The maximum Gasteiger partial charge on any atom is 0.135 e. The Morgan fingerprint density at radius 1 is 1.21 bits per heavy atom. The van der Waals surface area contributed by atoms with Crippen molar-refractivity contribution in [3.05, 3.63) is 0 Å². The molecule has 0 spiro atoms. The van der Waals surface area contributed by atoms with Crippen LogP contribution in [0.1, 0.15) is 58.3 Å². The fraction of sp³-hybridized carbons (Fsp3) is 0.917. The van der Waals surface area contributed by atoms with Crippen molar-refractivity contribution in [3.8, 4) is 0 Å². The molecule has 0 amide bonds. The molecule has 1 nitrogen and oxygen atoms in total. The number of carbonyl (C=O) groups excluding carboxylic acids is 1. The molecule has 1 rings (SSSR count). The van der Waals surface area contributed by atoms with Gasteiger partial charge in [-0.25, -0.2) is 0 Å². The summed E-state index contributed by atoms with van der Waals surface area (Å²) in [7, 11) is 0. The van der Waals surface area contributed by atoms with Gasteiger partial charge >= 0.3 is 0 Å². The van der Waals surface area contributed by atoms with Crippen LogP contribution in [0.2, 0.25) is 0 Å². The van der Waals surface area contributed by atoms with Crippen LogP contribution in [0.3, 0.4) is 0 Å². The second kappa shape index (κ2) is 6.44. The Bertz CT molecular complexity index is 179. The summed E-state index contributed by atoms with van der Waals surface area (Å²) in [5.74, 6) is 0.787. The zero-order valence-corrected chi connectivity index (χ0v) is 9.85. The number of alkyl halides is 1. The number of ketones is 1. The summed E-state index contributed by atoms with van der Waals surface area (Å²) < 4.78 is 0. The predicted molar refractivity (Wildman–Crippen MR) is 60.7 cm³/mol. The molecule has 0 heterocycles. The molecule has 0 saturated heterocycles. The lowest BCUT2D eigenvalue weighted by Gasteiger charge is -2.20. The van der Waals surface area contributed by atoms with Gasteiger partial charge in [-0.3, -0.25) is 4.79 Å². The summed E-state index contributed by atoms with van der Waals surface area (Å²) in [5, 5.41) is 0.312. The van der Waals surface area contributed by atoms with E-state index in [1.807, 2.05) is 0 Å². The molecule has 82 valence electrons. The van der Waals surface area contributed by atoms with E-state index in [0.29, 0.717) is 17.1 Å². The molecule has 1 aliphatic rings. The maximum atomic E-state index is 11.7. The highest BCUT2D eigenvalue weighted by Crippen LogP contribution is 2.26. The quantitative estimate of drug-likeness (QED) is 0.654. The second-order valence-electron chi connectivity index (χ2n) is 4.37. The van der Waals surface area contributed by atoms with E-state index >= 15 is 0 Å². The standard InChI is InChI=1S/C12H21ClO/c1-2-5-12(14)10-6-3-4-7-11(13)9-8-10/h10-11H,2-9H2,1H3. The van der Waals surface area contributed by atoms with Gasteiger partial charge in [0.1, 0.15) is 5.78 Å². The van der Waals surface area contributed by atoms with Crippen LogP contribution < -0.4 is 0 Å². The second-order valence-corrected chi connectivity index (χ2v) is 4.99. The van der Waals surface area contributed by atoms with Crippen molar-refractivity contribution < 1.29 is 4.79 Å². The van der Waals surface area contributed by atoms with E-state index in [1.165, 1.54) is 12.8 Å². The highest BCUT2D eigenvalue weighted by atomic mass is 35.5. The Balaban J connectivity index is 2.38. The fourth-order valence-corrected chi connectivity index (χ4v) is 2.48. The van der Waals surface area contributed by atoms with Crippen LogP contribution in [0.5, 0.6) is 0 Å². The molecule has 0 aromatic rings. The van der Waals surface area contributed by atoms with Gasteiger partial charge in [-0.15, -0.1) is 11.6 Å². The third-order valence-electron chi connectivity index (χ3n) is 3.10. The van der Waals surface area contributed by atoms with Crippen LogP contribution in [-0.2, 0) is 4.79 Å². The first kappa shape index (κ1) is 12.0. The molecule has 1 aliphatic carbocycles. The molecule has 0 bridgehead atoms. The summed E-state index contributed by atoms with van der Waals surface area (Å²) in [6.07, 6.45) is 8.41. The highest BCUT2D eigenvalue weighted by molar-refractivity contribution is 6.20. The van der Waals surface area contributed by atoms with Crippen molar-refractivity contribution in [2.75, 3.05) is 0 Å². The van der Waals surface area contributed by atoms with Crippen LogP contribution in [0.4, 0.5) is 0 Å². The number of rotatable bonds is 3. The van der Waals surface area contributed by atoms with Gasteiger partial charge in [-0.2, -0.15) is 0 Å². The number of carbonyl (C=O) groups is 1. The first-order valence-corrected chi connectivity index (χ1v) is 6.34. The Morgan fingerprint density at radius 3 is 2.64 bits per heavy atom. The zero-order valence-electron chi connectivity index (χ0n) is 9.10. The highest BCUT2D eigenvalue weighted by Gasteiger charge is 2.20. The lowest BCUT2D eigenvalue weighted by Crippen LogP contribution is -2.18. The number of hydrogen-bond donors (Lipinski definition) is 0. The molecule has 14 heavy (non-hydrogen) atoms. The SMILES string of the molecule is CCCC(=O)C1CCCCC(Cl)CC1. The lowest BCUT2D eigenvalue weighted by molar-refractivity contribution is -0.123. The normalized spacial score (nSPS) is 29.3. The summed E-state index contributed by atoms with van der Waals surface area (Å²) >= 11 is 6.13. The van der Waals surface area contributed by atoms with Crippen LogP contribution in [0, 0.1) is 5.92 Å². The molecule has 0 N–H and O–H groups in total. The largest absolute Gasteiger partial charge is 0.299 e. The Labute approximate surface area is 92.2 Å².